The molecule has 2 N–H and O–H groups in total. The highest BCUT2D eigenvalue weighted by Crippen LogP contribution is 2.32. The molecule has 4 rings (SSSR count). The fraction of sp³-hybridized carbons (Fsp3) is 0.333. The number of aromatic nitrogens is 4. The van der Waals surface area contributed by atoms with Crippen molar-refractivity contribution in [1.29, 1.82) is 0 Å². The van der Waals surface area contributed by atoms with E-state index in [1.165, 1.54) is 0 Å². The van der Waals surface area contributed by atoms with E-state index in [-0.39, 0.29) is 11.9 Å². The minimum atomic E-state index is -1.47. The minimum Gasteiger partial charge on any atom is -0.350 e. The van der Waals surface area contributed by atoms with Crippen LogP contribution < -0.4 is 15.5 Å². The zero-order valence-corrected chi connectivity index (χ0v) is 17.8. The van der Waals surface area contributed by atoms with Crippen LogP contribution in [0.5, 0.6) is 0 Å². The number of likely N-dealkylation sites (N-methyl/N-ethyl adjacent to an activating group) is 1. The van der Waals surface area contributed by atoms with Crippen LogP contribution in [-0.2, 0) is 24.3 Å². The molecule has 0 bridgehead atoms. The standard InChI is InChI=1S/C21H22F3N7O/c1-11-18-19(30(3)12(2)20(32)28-18)29-21(27-11)25-8-14-9-26-31(10-14)5-4-13-6-15(22)17(24)16(23)7-13/h6-7,9-10,12H,4-5,8H2,1-3H3,(H,28,32)(H,25,27,29)/t12-/m0/s1. The molecule has 8 nitrogen and oxygen atoms in total. The van der Waals surface area contributed by atoms with Gasteiger partial charge in [0.05, 0.1) is 11.9 Å². The first kappa shape index (κ1) is 21.6. The van der Waals surface area contributed by atoms with E-state index in [1.807, 2.05) is 0 Å². The first-order valence-electron chi connectivity index (χ1n) is 10.0. The smallest absolute Gasteiger partial charge is 0.246 e. The van der Waals surface area contributed by atoms with Gasteiger partial charge in [-0.25, -0.2) is 18.2 Å². The highest BCUT2D eigenvalue weighted by Gasteiger charge is 2.30. The molecule has 1 aliphatic heterocycles. The van der Waals surface area contributed by atoms with E-state index in [0.717, 1.165) is 17.7 Å². The molecule has 0 radical (unpaired) electrons. The summed E-state index contributed by atoms with van der Waals surface area (Å²) in [4.78, 5) is 22.8. The third kappa shape index (κ3) is 4.23. The van der Waals surface area contributed by atoms with Crippen LogP contribution in [0.3, 0.4) is 0 Å². The average molecular weight is 445 g/mol. The zero-order valence-electron chi connectivity index (χ0n) is 17.8. The van der Waals surface area contributed by atoms with Crippen molar-refractivity contribution in [3.05, 3.63) is 58.8 Å². The predicted molar refractivity (Wildman–Crippen MR) is 113 cm³/mol. The van der Waals surface area contributed by atoms with Crippen LogP contribution in [0.4, 0.5) is 30.6 Å². The summed E-state index contributed by atoms with van der Waals surface area (Å²) in [6.07, 6.45) is 3.76. The number of hydrogen-bond donors (Lipinski definition) is 2. The lowest BCUT2D eigenvalue weighted by Crippen LogP contribution is -2.44. The first-order chi connectivity index (χ1) is 15.2. The normalized spacial score (nSPS) is 15.5. The van der Waals surface area contributed by atoms with Crippen molar-refractivity contribution in [2.24, 2.45) is 0 Å². The average Bonchev–Trinajstić information content (AvgIpc) is 3.21. The van der Waals surface area contributed by atoms with Gasteiger partial charge in [-0.1, -0.05) is 0 Å². The van der Waals surface area contributed by atoms with E-state index in [0.29, 0.717) is 48.2 Å². The molecule has 3 heterocycles. The monoisotopic (exact) mass is 445 g/mol. The van der Waals surface area contributed by atoms with E-state index in [4.69, 9.17) is 0 Å². The second-order valence-corrected chi connectivity index (χ2v) is 7.70. The Bertz CT molecular complexity index is 1160. The zero-order chi connectivity index (χ0) is 23.0. The maximum absolute atomic E-state index is 13.3. The summed E-state index contributed by atoms with van der Waals surface area (Å²) in [7, 11) is 1.81. The Kier molecular flexibility index (Phi) is 5.72. The van der Waals surface area contributed by atoms with Crippen LogP contribution in [0.15, 0.2) is 24.5 Å². The molecule has 0 saturated heterocycles. The maximum Gasteiger partial charge on any atom is 0.246 e. The highest BCUT2D eigenvalue weighted by molar-refractivity contribution is 6.03. The molecule has 32 heavy (non-hydrogen) atoms. The van der Waals surface area contributed by atoms with Gasteiger partial charge in [0, 0.05) is 31.9 Å². The first-order valence-corrected chi connectivity index (χ1v) is 10.0. The third-order valence-electron chi connectivity index (χ3n) is 5.42. The second kappa shape index (κ2) is 8.48. The van der Waals surface area contributed by atoms with Gasteiger partial charge in [0.2, 0.25) is 11.9 Å². The van der Waals surface area contributed by atoms with E-state index >= 15 is 0 Å². The summed E-state index contributed by atoms with van der Waals surface area (Å²) in [5.41, 5.74) is 2.46. The Hall–Kier alpha value is -3.63. The van der Waals surface area contributed by atoms with Crippen molar-refractivity contribution in [3.8, 4) is 0 Å². The molecule has 1 aromatic carbocycles. The van der Waals surface area contributed by atoms with Gasteiger partial charge in [0.15, 0.2) is 23.3 Å². The second-order valence-electron chi connectivity index (χ2n) is 7.70. The number of halogens is 3. The molecule has 1 aliphatic rings. The molecular formula is C21H22F3N7O. The van der Waals surface area contributed by atoms with E-state index in [1.54, 1.807) is 42.9 Å². The van der Waals surface area contributed by atoms with Gasteiger partial charge in [-0.2, -0.15) is 10.1 Å². The van der Waals surface area contributed by atoms with Crippen LogP contribution in [0.2, 0.25) is 0 Å². The Morgan fingerprint density at radius 2 is 1.88 bits per heavy atom. The number of nitrogens with one attached hydrogen (secondary N) is 2. The van der Waals surface area contributed by atoms with Crippen molar-refractivity contribution in [2.45, 2.75) is 39.4 Å². The number of aryl methyl sites for hydroxylation is 3. The van der Waals surface area contributed by atoms with Gasteiger partial charge in [0.1, 0.15) is 11.7 Å². The Labute approximate surface area is 182 Å². The number of nitrogens with zero attached hydrogens (tertiary/aromatic N) is 5. The van der Waals surface area contributed by atoms with E-state index in [2.05, 4.69) is 25.7 Å². The van der Waals surface area contributed by atoms with Crippen molar-refractivity contribution in [2.75, 3.05) is 22.6 Å². The summed E-state index contributed by atoms with van der Waals surface area (Å²) in [5.74, 6) is -2.92. The number of carbonyl (C=O) groups excluding carboxylic acids is 1. The Balaban J connectivity index is 1.40. The van der Waals surface area contributed by atoms with Crippen LogP contribution in [0.25, 0.3) is 0 Å². The fourth-order valence-electron chi connectivity index (χ4n) is 3.42. The molecular weight excluding hydrogens is 423 g/mol. The molecule has 2 aromatic heterocycles. The van der Waals surface area contributed by atoms with Gasteiger partial charge in [-0.15, -0.1) is 0 Å². The van der Waals surface area contributed by atoms with Crippen LogP contribution >= 0.6 is 0 Å². The van der Waals surface area contributed by atoms with Gasteiger partial charge in [-0.05, 0) is 38.0 Å². The van der Waals surface area contributed by atoms with Gasteiger partial charge < -0.3 is 15.5 Å². The highest BCUT2D eigenvalue weighted by atomic mass is 19.2. The van der Waals surface area contributed by atoms with Crippen molar-refractivity contribution >= 4 is 23.4 Å². The summed E-state index contributed by atoms with van der Waals surface area (Å²) < 4.78 is 41.4. The number of hydrogen-bond acceptors (Lipinski definition) is 6. The van der Waals surface area contributed by atoms with Gasteiger partial charge in [0.25, 0.3) is 0 Å². The number of amides is 1. The minimum absolute atomic E-state index is 0.106. The molecule has 1 atom stereocenters. The number of benzene rings is 1. The number of carbonyl (C=O) groups is 1. The molecule has 0 unspecified atom stereocenters. The fourth-order valence-corrected chi connectivity index (χ4v) is 3.42. The molecule has 0 fully saturated rings. The van der Waals surface area contributed by atoms with Crippen molar-refractivity contribution < 1.29 is 18.0 Å². The topological polar surface area (TPSA) is 88.0 Å². The molecule has 0 saturated carbocycles. The summed E-state index contributed by atoms with van der Waals surface area (Å²) in [6, 6.07) is 1.63. The predicted octanol–water partition coefficient (Wildman–Crippen LogP) is 3.03. The maximum atomic E-state index is 13.3. The quantitative estimate of drug-likeness (QED) is 0.567. The van der Waals surface area contributed by atoms with Crippen LogP contribution in [0, 0.1) is 24.4 Å². The van der Waals surface area contributed by atoms with Gasteiger partial charge >= 0.3 is 0 Å². The lowest BCUT2D eigenvalue weighted by atomic mass is 10.1. The summed E-state index contributed by atoms with van der Waals surface area (Å²) in [5, 5.41) is 10.2. The van der Waals surface area contributed by atoms with Crippen LogP contribution in [-0.4, -0.2) is 38.7 Å². The molecule has 0 aliphatic carbocycles. The van der Waals surface area contributed by atoms with E-state index in [9.17, 15) is 18.0 Å². The molecule has 168 valence electrons. The Morgan fingerprint density at radius 3 is 2.59 bits per heavy atom. The molecule has 1 amide bonds. The number of anilines is 3. The third-order valence-corrected chi connectivity index (χ3v) is 5.42. The summed E-state index contributed by atoms with van der Waals surface area (Å²) >= 11 is 0. The number of rotatable bonds is 6. The summed E-state index contributed by atoms with van der Waals surface area (Å²) in [6.45, 7) is 4.38. The lowest BCUT2D eigenvalue weighted by molar-refractivity contribution is -0.117. The lowest BCUT2D eigenvalue weighted by Gasteiger charge is -2.32. The largest absolute Gasteiger partial charge is 0.350 e. The van der Waals surface area contributed by atoms with Gasteiger partial charge in [-0.3, -0.25) is 9.48 Å². The molecule has 11 heteroatoms. The van der Waals surface area contributed by atoms with Crippen molar-refractivity contribution in [1.82, 2.24) is 19.7 Å². The van der Waals surface area contributed by atoms with Crippen molar-refractivity contribution in [3.63, 3.8) is 0 Å². The molecule has 3 aromatic rings. The number of fused-ring (bicyclic) bond motifs is 1. The Morgan fingerprint density at radius 1 is 1.16 bits per heavy atom. The molecule has 0 spiro atoms. The van der Waals surface area contributed by atoms with Crippen LogP contribution in [0.1, 0.15) is 23.7 Å². The SMILES string of the molecule is Cc1nc(NCc2cnn(CCc3cc(F)c(F)c(F)c3)c2)nc2c1NC(=O)[C@H](C)N2C. The van der Waals surface area contributed by atoms with E-state index < -0.39 is 17.5 Å².